The summed E-state index contributed by atoms with van der Waals surface area (Å²) in [6, 6.07) is 10.5. The average molecular weight is 967 g/mol. The minimum atomic E-state index is -1.69. The van der Waals surface area contributed by atoms with E-state index >= 15 is 0 Å². The Morgan fingerprint density at radius 3 is 2.13 bits per heavy atom. The molecule has 3 amide bonds. The number of carbonyl (C=O) groups is 8. The fourth-order valence-electron chi connectivity index (χ4n) is 7.30. The molecule has 0 bridgehead atoms. The van der Waals surface area contributed by atoms with Crippen LogP contribution in [0.5, 0.6) is 5.75 Å². The van der Waals surface area contributed by atoms with Crippen molar-refractivity contribution in [3.63, 3.8) is 0 Å². The summed E-state index contributed by atoms with van der Waals surface area (Å²) in [7, 11) is 0. The minimum Gasteiger partial charge on any atom is -0.481 e. The van der Waals surface area contributed by atoms with Crippen molar-refractivity contribution in [2.45, 2.75) is 136 Å². The maximum atomic E-state index is 13.9. The standard InChI is InChI=1S/C48H62N4O17/c1-28(53)62-26-39-41(65-29(2)54)42(66-30(3)55)43(67-31(4)56)45(69-39)68-38-19-16-33(23-37(38)44(58)51-21-20-50-40(57)27-63-36-12-10-8-7-9-11-13-36)25-64-47(61)52-35-17-14-32(15-18-35)22-34(49)24-48(5,6)46(59)60/h14-19,23,34,36,39,41-43,45H,7-10,12,20-22,24-27,49H2,1-6H3,(H,50,57)(H,51,58)(H,52,61)(H,59,60)/t34-,36?,39+,41+,42-,43+,45+/m0/s1. The van der Waals surface area contributed by atoms with E-state index < -0.39 is 96.5 Å². The summed E-state index contributed by atoms with van der Waals surface area (Å²) in [6.45, 7) is 6.37. The number of amides is 3. The Kier molecular flexibility index (Phi) is 21.2. The van der Waals surface area contributed by atoms with Gasteiger partial charge in [0.2, 0.25) is 18.3 Å². The Balaban J connectivity index is 1.53. The quantitative estimate of drug-likeness (QED) is 0.0489. The van der Waals surface area contributed by atoms with Gasteiger partial charge in [0.1, 0.15) is 37.8 Å². The first kappa shape index (κ1) is 54.8. The number of anilines is 1. The Hall–Kier alpha value is -6.76. The number of hydrogen-bond acceptors (Lipinski definition) is 17. The van der Waals surface area contributed by atoms with Crippen molar-refractivity contribution in [3.8, 4) is 17.6 Å². The number of benzene rings is 2. The third-order valence-corrected chi connectivity index (χ3v) is 10.6. The van der Waals surface area contributed by atoms with Crippen LogP contribution in [0.25, 0.3) is 0 Å². The molecule has 0 spiro atoms. The van der Waals surface area contributed by atoms with E-state index in [9.17, 15) is 43.5 Å². The van der Waals surface area contributed by atoms with Gasteiger partial charge in [0, 0.05) is 58.9 Å². The summed E-state index contributed by atoms with van der Waals surface area (Å²) in [6.07, 6.45) is -3.71. The molecule has 1 fully saturated rings. The zero-order chi connectivity index (χ0) is 50.7. The highest BCUT2D eigenvalue weighted by molar-refractivity contribution is 5.97. The van der Waals surface area contributed by atoms with Crippen LogP contribution in [-0.4, -0.2) is 122 Å². The van der Waals surface area contributed by atoms with Crippen molar-refractivity contribution >= 4 is 53.4 Å². The normalized spacial score (nSPS) is 20.4. The molecule has 376 valence electrons. The largest absolute Gasteiger partial charge is 0.481 e. The van der Waals surface area contributed by atoms with E-state index in [1.54, 1.807) is 38.1 Å². The second-order valence-corrected chi connectivity index (χ2v) is 17.1. The molecule has 2 aromatic rings. The molecule has 7 atom stereocenters. The lowest BCUT2D eigenvalue weighted by Crippen LogP contribution is -2.63. The maximum absolute atomic E-state index is 13.9. The van der Waals surface area contributed by atoms with Crippen LogP contribution in [-0.2, 0) is 75.0 Å². The second-order valence-electron chi connectivity index (χ2n) is 17.1. The zero-order valence-corrected chi connectivity index (χ0v) is 39.6. The lowest BCUT2D eigenvalue weighted by molar-refractivity contribution is -0.288. The highest BCUT2D eigenvalue weighted by Gasteiger charge is 2.53. The Bertz CT molecular complexity index is 2200. The van der Waals surface area contributed by atoms with Gasteiger partial charge in [-0.3, -0.25) is 38.9 Å². The van der Waals surface area contributed by atoms with Crippen molar-refractivity contribution in [2.75, 3.05) is 31.6 Å². The lowest BCUT2D eigenvalue weighted by Gasteiger charge is -2.44. The summed E-state index contributed by atoms with van der Waals surface area (Å²) in [4.78, 5) is 99.9. The lowest BCUT2D eigenvalue weighted by atomic mass is 9.84. The van der Waals surface area contributed by atoms with Gasteiger partial charge >= 0.3 is 35.9 Å². The molecular weight excluding hydrogens is 905 g/mol. The Morgan fingerprint density at radius 2 is 1.46 bits per heavy atom. The van der Waals surface area contributed by atoms with Gasteiger partial charge in [0.25, 0.3) is 5.91 Å². The highest BCUT2D eigenvalue weighted by Crippen LogP contribution is 2.33. The zero-order valence-electron chi connectivity index (χ0n) is 39.6. The number of nitrogens with two attached hydrogens (primary N) is 1. The summed E-state index contributed by atoms with van der Waals surface area (Å²) >= 11 is 0. The Labute approximate surface area is 400 Å². The van der Waals surface area contributed by atoms with Crippen LogP contribution >= 0.6 is 0 Å². The highest BCUT2D eigenvalue weighted by atomic mass is 16.7. The fraction of sp³-hybridized carbons (Fsp3) is 0.542. The first-order valence-electron chi connectivity index (χ1n) is 22.5. The number of aliphatic carboxylic acids is 1. The van der Waals surface area contributed by atoms with Gasteiger partial charge < -0.3 is 59.4 Å². The summed E-state index contributed by atoms with van der Waals surface area (Å²) in [5.41, 5.74) is 6.60. The number of nitrogens with one attached hydrogen (secondary N) is 3. The number of ether oxygens (including phenoxy) is 8. The minimum absolute atomic E-state index is 0.000180. The fourth-order valence-corrected chi connectivity index (χ4v) is 7.30. The van der Waals surface area contributed by atoms with Crippen molar-refractivity contribution < 1.29 is 81.4 Å². The van der Waals surface area contributed by atoms with Crippen molar-refractivity contribution in [2.24, 2.45) is 11.1 Å². The molecule has 4 rings (SSSR count). The van der Waals surface area contributed by atoms with E-state index in [-0.39, 0.29) is 50.1 Å². The van der Waals surface area contributed by atoms with Gasteiger partial charge in [0.05, 0.1) is 11.0 Å². The number of carboxylic acids is 1. The van der Waals surface area contributed by atoms with Crippen LogP contribution in [0.2, 0.25) is 0 Å². The van der Waals surface area contributed by atoms with Crippen LogP contribution in [0.3, 0.4) is 0 Å². The van der Waals surface area contributed by atoms with Crippen LogP contribution in [0.4, 0.5) is 10.5 Å². The van der Waals surface area contributed by atoms with E-state index in [2.05, 4.69) is 27.8 Å². The summed E-state index contributed by atoms with van der Waals surface area (Å²) in [5, 5.41) is 17.4. The predicted octanol–water partition coefficient (Wildman–Crippen LogP) is 3.47. The van der Waals surface area contributed by atoms with Crippen molar-refractivity contribution in [1.29, 1.82) is 0 Å². The smallest absolute Gasteiger partial charge is 0.411 e. The third-order valence-electron chi connectivity index (χ3n) is 10.6. The molecule has 69 heavy (non-hydrogen) atoms. The molecule has 1 saturated heterocycles. The van der Waals surface area contributed by atoms with E-state index in [1.807, 2.05) is 0 Å². The molecule has 21 heteroatoms. The second kappa shape index (κ2) is 26.7. The van der Waals surface area contributed by atoms with Crippen LogP contribution < -0.4 is 26.4 Å². The van der Waals surface area contributed by atoms with Crippen molar-refractivity contribution in [3.05, 3.63) is 59.2 Å². The molecule has 2 aliphatic rings. The monoisotopic (exact) mass is 966 g/mol. The molecule has 1 aliphatic heterocycles. The molecule has 0 aromatic heterocycles. The van der Waals surface area contributed by atoms with Crippen LogP contribution in [0.15, 0.2) is 42.5 Å². The van der Waals surface area contributed by atoms with Gasteiger partial charge in [-0.1, -0.05) is 30.5 Å². The number of hydrogen-bond donors (Lipinski definition) is 5. The van der Waals surface area contributed by atoms with E-state index in [0.717, 1.165) is 65.4 Å². The van der Waals surface area contributed by atoms with Crippen molar-refractivity contribution in [1.82, 2.24) is 10.6 Å². The topological polar surface area (TPSA) is 293 Å². The van der Waals surface area contributed by atoms with E-state index in [1.165, 1.54) is 18.2 Å². The number of carboxylic acid groups (broad SMARTS) is 1. The molecule has 21 nitrogen and oxygen atoms in total. The third kappa shape index (κ3) is 18.7. The van der Waals surface area contributed by atoms with Crippen LogP contribution in [0.1, 0.15) is 102 Å². The van der Waals surface area contributed by atoms with Gasteiger partial charge in [0.15, 0.2) is 12.2 Å². The molecule has 2 aromatic carbocycles. The molecule has 1 unspecified atom stereocenters. The number of rotatable bonds is 22. The predicted molar refractivity (Wildman–Crippen MR) is 243 cm³/mol. The van der Waals surface area contributed by atoms with Gasteiger partial charge in [-0.15, -0.1) is 5.92 Å². The van der Waals surface area contributed by atoms with Gasteiger partial charge in [-0.05, 0) is 81.3 Å². The summed E-state index contributed by atoms with van der Waals surface area (Å²) < 4.78 is 45.1. The van der Waals surface area contributed by atoms with Crippen LogP contribution in [0, 0.1) is 17.3 Å². The van der Waals surface area contributed by atoms with Gasteiger partial charge in [-0.25, -0.2) is 4.79 Å². The number of carbonyl (C=O) groups excluding carboxylic acids is 7. The van der Waals surface area contributed by atoms with Gasteiger partial charge in [-0.2, -0.15) is 0 Å². The molecule has 1 heterocycles. The molecular formula is C48H62N4O17. The maximum Gasteiger partial charge on any atom is 0.411 e. The van der Waals surface area contributed by atoms with E-state index in [4.69, 9.17) is 43.6 Å². The number of esters is 4. The first-order valence-corrected chi connectivity index (χ1v) is 22.5. The molecule has 0 saturated carbocycles. The molecule has 6 N–H and O–H groups in total. The molecule has 1 aliphatic carbocycles. The SMILES string of the molecule is CC(=O)OC[C@H]1O[C@@H](Oc2ccc(COC(=O)Nc3ccc(C[C@H](N)CC(C)(C)C(=O)O)cc3)cc2C(=O)NCCNC(=O)COC2C#CCCCCC2)[C@H](OC(C)=O)[C@@H](OC(C)=O)[C@@H]1OC(C)=O. The molecule has 0 radical (unpaired) electrons. The average Bonchev–Trinajstić information content (AvgIpc) is 3.25. The summed E-state index contributed by atoms with van der Waals surface area (Å²) in [5.74, 6) is 0.528. The Morgan fingerprint density at radius 1 is 0.812 bits per heavy atom. The first-order chi connectivity index (χ1) is 32.7. The van der Waals surface area contributed by atoms with E-state index in [0.29, 0.717) is 17.7 Å².